The lowest BCUT2D eigenvalue weighted by Gasteiger charge is -2.28. The van der Waals surface area contributed by atoms with Gasteiger partial charge < -0.3 is 19.5 Å². The van der Waals surface area contributed by atoms with Crippen molar-refractivity contribution in [2.24, 2.45) is 0 Å². The van der Waals surface area contributed by atoms with Crippen LogP contribution in [0.4, 0.5) is 10.5 Å². The number of anilines is 1. The number of aromatic nitrogens is 3. The molecule has 0 aliphatic heterocycles. The van der Waals surface area contributed by atoms with Gasteiger partial charge in [-0.2, -0.15) is 0 Å². The van der Waals surface area contributed by atoms with Crippen LogP contribution < -0.4 is 15.4 Å². The van der Waals surface area contributed by atoms with Gasteiger partial charge in [0, 0.05) is 43.6 Å². The van der Waals surface area contributed by atoms with E-state index in [1.54, 1.807) is 14.2 Å². The Labute approximate surface area is 225 Å². The van der Waals surface area contributed by atoms with Gasteiger partial charge in [-0.15, -0.1) is 0 Å². The zero-order valence-electron chi connectivity index (χ0n) is 23.3. The largest absolute Gasteiger partial charge is 0.495 e. The van der Waals surface area contributed by atoms with Crippen LogP contribution in [0.5, 0.6) is 5.75 Å². The van der Waals surface area contributed by atoms with Gasteiger partial charge in [-0.1, -0.05) is 19.4 Å². The first kappa shape index (κ1) is 27.9. The Morgan fingerprint density at radius 2 is 2.00 bits per heavy atom. The Bertz CT molecular complexity index is 1220. The van der Waals surface area contributed by atoms with Gasteiger partial charge in [0.2, 0.25) is 0 Å². The Morgan fingerprint density at radius 3 is 2.71 bits per heavy atom. The SMILES string of the molecule is CCC[C@H](C)OC(=O)Nc1ccc(-c2nc(C3CCC(NCCOC)CC3)n3ccnc(C)c23)cc1OC. The molecule has 0 radical (unpaired) electrons. The maximum absolute atomic E-state index is 12.4. The van der Waals surface area contributed by atoms with Gasteiger partial charge in [0.15, 0.2) is 0 Å². The van der Waals surface area contributed by atoms with Gasteiger partial charge in [0.1, 0.15) is 17.7 Å². The van der Waals surface area contributed by atoms with Gasteiger partial charge in [-0.05, 0) is 58.1 Å². The summed E-state index contributed by atoms with van der Waals surface area (Å²) in [5.74, 6) is 2.00. The molecule has 1 aromatic carbocycles. The Kier molecular flexibility index (Phi) is 9.58. The fourth-order valence-electron chi connectivity index (χ4n) is 5.36. The zero-order valence-corrected chi connectivity index (χ0v) is 23.3. The summed E-state index contributed by atoms with van der Waals surface area (Å²) in [7, 11) is 3.33. The van der Waals surface area contributed by atoms with Gasteiger partial charge in [-0.3, -0.25) is 14.7 Å². The number of amides is 1. The monoisotopic (exact) mass is 523 g/mol. The number of benzene rings is 1. The second-order valence-corrected chi connectivity index (χ2v) is 10.1. The number of aryl methyl sites for hydroxylation is 1. The van der Waals surface area contributed by atoms with Crippen molar-refractivity contribution in [1.82, 2.24) is 19.7 Å². The average molecular weight is 524 g/mol. The van der Waals surface area contributed by atoms with Crippen molar-refractivity contribution in [3.05, 3.63) is 42.1 Å². The number of ether oxygens (including phenoxy) is 3. The Hall–Kier alpha value is -3.17. The van der Waals surface area contributed by atoms with Crippen LogP contribution in [0.2, 0.25) is 0 Å². The number of rotatable bonds is 11. The second kappa shape index (κ2) is 13.1. The molecule has 0 spiro atoms. The van der Waals surface area contributed by atoms with Crippen molar-refractivity contribution >= 4 is 17.3 Å². The third-order valence-electron chi connectivity index (χ3n) is 7.31. The minimum Gasteiger partial charge on any atom is -0.495 e. The predicted octanol–water partition coefficient (Wildman–Crippen LogP) is 5.71. The summed E-state index contributed by atoms with van der Waals surface area (Å²) in [5.41, 5.74) is 4.26. The number of carbonyl (C=O) groups excluding carboxylic acids is 1. The molecule has 2 N–H and O–H groups in total. The molecule has 4 rings (SSSR count). The van der Waals surface area contributed by atoms with E-state index in [9.17, 15) is 4.79 Å². The highest BCUT2D eigenvalue weighted by Gasteiger charge is 2.27. The minimum absolute atomic E-state index is 0.146. The zero-order chi connectivity index (χ0) is 27.1. The number of nitrogens with one attached hydrogen (secondary N) is 2. The van der Waals surface area contributed by atoms with Crippen LogP contribution >= 0.6 is 0 Å². The van der Waals surface area contributed by atoms with Crippen molar-refractivity contribution in [2.75, 3.05) is 32.7 Å². The maximum Gasteiger partial charge on any atom is 0.412 e. The number of hydrogen-bond donors (Lipinski definition) is 2. The van der Waals surface area contributed by atoms with E-state index in [1.165, 1.54) is 0 Å². The topological polar surface area (TPSA) is 99.0 Å². The minimum atomic E-state index is -0.487. The third-order valence-corrected chi connectivity index (χ3v) is 7.31. The van der Waals surface area contributed by atoms with E-state index in [0.717, 1.165) is 80.0 Å². The van der Waals surface area contributed by atoms with Gasteiger partial charge in [0.05, 0.1) is 36.3 Å². The first-order chi connectivity index (χ1) is 18.4. The van der Waals surface area contributed by atoms with Crippen molar-refractivity contribution in [1.29, 1.82) is 0 Å². The molecule has 1 aliphatic rings. The number of imidazole rings is 1. The van der Waals surface area contributed by atoms with E-state index in [-0.39, 0.29) is 6.10 Å². The average Bonchev–Trinajstić information content (AvgIpc) is 3.30. The number of hydrogen-bond acceptors (Lipinski definition) is 7. The quantitative estimate of drug-likeness (QED) is 0.311. The molecule has 3 aromatic rings. The normalized spacial score (nSPS) is 18.3. The Morgan fingerprint density at radius 1 is 1.21 bits per heavy atom. The highest BCUT2D eigenvalue weighted by atomic mass is 16.6. The molecule has 1 saturated carbocycles. The van der Waals surface area contributed by atoms with Crippen LogP contribution in [0.1, 0.15) is 69.8 Å². The van der Waals surface area contributed by atoms with Crippen molar-refractivity contribution in [3.8, 4) is 17.0 Å². The van der Waals surface area contributed by atoms with E-state index >= 15 is 0 Å². The van der Waals surface area contributed by atoms with E-state index in [4.69, 9.17) is 19.2 Å². The van der Waals surface area contributed by atoms with Crippen molar-refractivity contribution in [3.63, 3.8) is 0 Å². The van der Waals surface area contributed by atoms with Crippen LogP contribution in [0, 0.1) is 6.92 Å². The lowest BCUT2D eigenvalue weighted by molar-refractivity contribution is 0.115. The number of methoxy groups -OCH3 is 2. The van der Waals surface area contributed by atoms with E-state index in [2.05, 4.69) is 26.9 Å². The molecule has 9 heteroatoms. The summed E-state index contributed by atoms with van der Waals surface area (Å²) in [6.45, 7) is 7.59. The molecule has 0 unspecified atom stereocenters. The Balaban J connectivity index is 1.58. The van der Waals surface area contributed by atoms with Gasteiger partial charge in [0.25, 0.3) is 0 Å². The summed E-state index contributed by atoms with van der Waals surface area (Å²) in [4.78, 5) is 22.1. The van der Waals surface area contributed by atoms with Crippen molar-refractivity contribution in [2.45, 2.75) is 77.4 Å². The summed E-state index contributed by atoms with van der Waals surface area (Å²) < 4.78 is 18.5. The highest BCUT2D eigenvalue weighted by Crippen LogP contribution is 2.38. The number of fused-ring (bicyclic) bond motifs is 1. The summed E-state index contributed by atoms with van der Waals surface area (Å²) in [5, 5.41) is 6.42. The first-order valence-corrected chi connectivity index (χ1v) is 13.7. The van der Waals surface area contributed by atoms with E-state index in [0.29, 0.717) is 23.4 Å². The molecular formula is C29H41N5O4. The molecule has 9 nitrogen and oxygen atoms in total. The molecule has 0 bridgehead atoms. The molecule has 1 aliphatic carbocycles. The van der Waals surface area contributed by atoms with Crippen LogP contribution in [0.3, 0.4) is 0 Å². The smallest absolute Gasteiger partial charge is 0.412 e. The van der Waals surface area contributed by atoms with Crippen LogP contribution in [-0.4, -0.2) is 60.0 Å². The fourth-order valence-corrected chi connectivity index (χ4v) is 5.36. The number of nitrogens with zero attached hydrogens (tertiary/aromatic N) is 3. The second-order valence-electron chi connectivity index (χ2n) is 10.1. The molecule has 0 saturated heterocycles. The molecule has 2 heterocycles. The fraction of sp³-hybridized carbons (Fsp3) is 0.552. The van der Waals surface area contributed by atoms with Gasteiger partial charge in [-0.25, -0.2) is 9.78 Å². The van der Waals surface area contributed by atoms with Crippen LogP contribution in [-0.2, 0) is 9.47 Å². The molecule has 2 aromatic heterocycles. The standard InChI is InChI=1S/C29H41N5O4/c1-6-7-19(2)38-29(35)32-24-13-10-22(18-25(24)37-5)26-27-20(3)30-14-16-34(27)28(33-26)21-8-11-23(12-9-21)31-15-17-36-4/h10,13-14,16,18-19,21,23,31H,6-9,11-12,15,17H2,1-5H3,(H,32,35)/t19-,21?,23?/m0/s1. The highest BCUT2D eigenvalue weighted by molar-refractivity contribution is 5.89. The predicted molar refractivity (Wildman–Crippen MR) is 149 cm³/mol. The van der Waals surface area contributed by atoms with Crippen molar-refractivity contribution < 1.29 is 19.0 Å². The van der Waals surface area contributed by atoms with E-state index in [1.807, 2.05) is 44.4 Å². The lowest BCUT2D eigenvalue weighted by Crippen LogP contribution is -2.35. The summed E-state index contributed by atoms with van der Waals surface area (Å²) in [6, 6.07) is 6.24. The molecule has 1 fully saturated rings. The molecule has 206 valence electrons. The maximum atomic E-state index is 12.4. The van der Waals surface area contributed by atoms with Crippen LogP contribution in [0.15, 0.2) is 30.6 Å². The molecule has 1 amide bonds. The molecule has 38 heavy (non-hydrogen) atoms. The lowest BCUT2D eigenvalue weighted by atomic mass is 9.85. The van der Waals surface area contributed by atoms with E-state index < -0.39 is 6.09 Å². The molecule has 1 atom stereocenters. The third kappa shape index (κ3) is 6.45. The molecular weight excluding hydrogens is 482 g/mol. The summed E-state index contributed by atoms with van der Waals surface area (Å²) >= 11 is 0. The van der Waals surface area contributed by atoms with Gasteiger partial charge >= 0.3 is 6.09 Å². The summed E-state index contributed by atoms with van der Waals surface area (Å²) in [6.07, 6.45) is 9.38. The number of carbonyl (C=O) groups is 1. The first-order valence-electron chi connectivity index (χ1n) is 13.7. The van der Waals surface area contributed by atoms with Crippen LogP contribution in [0.25, 0.3) is 16.8 Å².